The van der Waals surface area contributed by atoms with Crippen molar-refractivity contribution in [1.82, 2.24) is 18.8 Å². The molecule has 174 valence electrons. The van der Waals surface area contributed by atoms with E-state index in [0.717, 1.165) is 10.4 Å². The topological polar surface area (TPSA) is 92.6 Å². The lowest BCUT2D eigenvalue weighted by molar-refractivity contribution is -0.133. The number of rotatable bonds is 5. The van der Waals surface area contributed by atoms with Gasteiger partial charge in [-0.2, -0.15) is 4.31 Å². The number of nitrogens with zero attached hydrogens (tertiary/aromatic N) is 4. The quantitative estimate of drug-likeness (QED) is 0.425. The van der Waals surface area contributed by atoms with Gasteiger partial charge in [0.05, 0.1) is 16.7 Å². The van der Waals surface area contributed by atoms with E-state index in [4.69, 9.17) is 0 Å². The maximum Gasteiger partial charge on any atom is 0.271 e. The van der Waals surface area contributed by atoms with Gasteiger partial charge in [-0.05, 0) is 23.8 Å². The van der Waals surface area contributed by atoms with Crippen molar-refractivity contribution in [1.29, 1.82) is 0 Å². The zero-order valence-electron chi connectivity index (χ0n) is 18.2. The summed E-state index contributed by atoms with van der Waals surface area (Å²) in [4.78, 5) is 33.1. The number of benzene rings is 2. The van der Waals surface area contributed by atoms with E-state index in [0.29, 0.717) is 10.2 Å². The number of carbonyl (C=O) groups excluding carboxylic acids is 1. The molecule has 8 nitrogen and oxygen atoms in total. The predicted molar refractivity (Wildman–Crippen MR) is 131 cm³/mol. The molecular weight excluding hydrogens is 472 g/mol. The summed E-state index contributed by atoms with van der Waals surface area (Å²) in [5.41, 5.74) is 1.36. The van der Waals surface area contributed by atoms with Crippen LogP contribution in [0.4, 0.5) is 0 Å². The van der Waals surface area contributed by atoms with Crippen LogP contribution in [0.5, 0.6) is 0 Å². The standard InChI is InChI=1S/C24H22N4O4S2/c29-22(26-11-13-28(14-12-26)34(31,32)19-9-5-2-6-10-19)16-27-17-25-20-15-21(33-23(20)24(27)30)18-7-3-1-4-8-18/h1-10,15,17H,11-14,16H2. The summed E-state index contributed by atoms with van der Waals surface area (Å²) in [6, 6.07) is 19.9. The van der Waals surface area contributed by atoms with E-state index < -0.39 is 10.0 Å². The minimum Gasteiger partial charge on any atom is -0.338 e. The van der Waals surface area contributed by atoms with Crippen LogP contribution in [-0.2, 0) is 21.4 Å². The largest absolute Gasteiger partial charge is 0.338 e. The van der Waals surface area contributed by atoms with Gasteiger partial charge in [0.25, 0.3) is 5.56 Å². The van der Waals surface area contributed by atoms with Gasteiger partial charge in [0.15, 0.2) is 0 Å². The molecule has 3 heterocycles. The van der Waals surface area contributed by atoms with Crippen molar-refractivity contribution in [2.45, 2.75) is 11.4 Å². The lowest BCUT2D eigenvalue weighted by atomic mass is 10.2. The monoisotopic (exact) mass is 494 g/mol. The number of hydrogen-bond acceptors (Lipinski definition) is 6. The third kappa shape index (κ3) is 4.27. The molecule has 4 aromatic rings. The van der Waals surface area contributed by atoms with E-state index in [-0.39, 0.29) is 49.1 Å². The average molecular weight is 495 g/mol. The van der Waals surface area contributed by atoms with Crippen molar-refractivity contribution in [3.05, 3.63) is 83.4 Å². The first-order valence-corrected chi connectivity index (χ1v) is 13.1. The van der Waals surface area contributed by atoms with Crippen LogP contribution in [-0.4, -0.2) is 59.3 Å². The zero-order valence-corrected chi connectivity index (χ0v) is 19.8. The van der Waals surface area contributed by atoms with Crippen LogP contribution in [0.1, 0.15) is 0 Å². The smallest absolute Gasteiger partial charge is 0.271 e. The Morgan fingerprint density at radius 1 is 0.941 bits per heavy atom. The van der Waals surface area contributed by atoms with E-state index in [1.165, 1.54) is 26.5 Å². The summed E-state index contributed by atoms with van der Waals surface area (Å²) >= 11 is 1.36. The molecule has 2 aromatic heterocycles. The molecule has 0 radical (unpaired) electrons. The molecule has 0 spiro atoms. The second-order valence-corrected chi connectivity index (χ2v) is 11.0. The fourth-order valence-electron chi connectivity index (χ4n) is 3.97. The SMILES string of the molecule is O=C(Cn1cnc2cc(-c3ccccc3)sc2c1=O)N1CCN(S(=O)(=O)c2ccccc2)CC1. The lowest BCUT2D eigenvalue weighted by Crippen LogP contribution is -2.51. The normalized spacial score (nSPS) is 15.0. The molecule has 1 aliphatic heterocycles. The molecule has 1 amide bonds. The Bertz CT molecular complexity index is 1490. The summed E-state index contributed by atoms with van der Waals surface area (Å²) in [5, 5.41) is 0. The molecule has 5 rings (SSSR count). The molecule has 34 heavy (non-hydrogen) atoms. The Kier molecular flexibility index (Phi) is 6.03. The summed E-state index contributed by atoms with van der Waals surface area (Å²) < 4.78 is 28.8. The molecule has 1 aliphatic rings. The average Bonchev–Trinajstić information content (AvgIpc) is 3.32. The minimum atomic E-state index is -3.59. The number of fused-ring (bicyclic) bond motifs is 1. The molecule has 0 N–H and O–H groups in total. The van der Waals surface area contributed by atoms with Gasteiger partial charge >= 0.3 is 0 Å². The molecule has 0 saturated carbocycles. The van der Waals surface area contributed by atoms with Crippen LogP contribution < -0.4 is 5.56 Å². The summed E-state index contributed by atoms with van der Waals surface area (Å²) in [6.45, 7) is 0.825. The molecule has 0 aliphatic carbocycles. The Morgan fingerprint density at radius 3 is 2.26 bits per heavy atom. The highest BCUT2D eigenvalue weighted by atomic mass is 32.2. The minimum absolute atomic E-state index is 0.133. The van der Waals surface area contributed by atoms with E-state index in [9.17, 15) is 18.0 Å². The highest BCUT2D eigenvalue weighted by Gasteiger charge is 2.30. The first kappa shape index (κ1) is 22.5. The number of aromatic nitrogens is 2. The molecule has 0 unspecified atom stereocenters. The maximum atomic E-state index is 13.0. The zero-order chi connectivity index (χ0) is 23.7. The number of piperazine rings is 1. The Labute approximate surface area is 200 Å². The first-order chi connectivity index (χ1) is 16.4. The fourth-order valence-corrected chi connectivity index (χ4v) is 6.48. The Morgan fingerprint density at radius 2 is 1.59 bits per heavy atom. The number of amides is 1. The molecular formula is C24H22N4O4S2. The van der Waals surface area contributed by atoms with Gasteiger partial charge in [0.2, 0.25) is 15.9 Å². The van der Waals surface area contributed by atoms with Gasteiger partial charge in [-0.3, -0.25) is 14.2 Å². The van der Waals surface area contributed by atoms with Gasteiger partial charge in [-0.1, -0.05) is 48.5 Å². The number of thiophene rings is 1. The van der Waals surface area contributed by atoms with Crippen LogP contribution in [0.15, 0.2) is 82.7 Å². The van der Waals surface area contributed by atoms with E-state index in [2.05, 4.69) is 4.98 Å². The van der Waals surface area contributed by atoms with Crippen molar-refractivity contribution >= 4 is 37.5 Å². The van der Waals surface area contributed by atoms with Crippen LogP contribution in [0.25, 0.3) is 20.7 Å². The van der Waals surface area contributed by atoms with Gasteiger partial charge in [0, 0.05) is 31.1 Å². The number of hydrogen-bond donors (Lipinski definition) is 0. The van der Waals surface area contributed by atoms with Crippen molar-refractivity contribution < 1.29 is 13.2 Å². The van der Waals surface area contributed by atoms with E-state index >= 15 is 0 Å². The third-order valence-electron chi connectivity index (χ3n) is 5.84. The van der Waals surface area contributed by atoms with Gasteiger partial charge < -0.3 is 4.90 Å². The van der Waals surface area contributed by atoms with E-state index in [1.807, 2.05) is 36.4 Å². The third-order valence-corrected chi connectivity index (χ3v) is 8.91. The highest BCUT2D eigenvalue weighted by Crippen LogP contribution is 2.30. The fraction of sp³-hybridized carbons (Fsp3) is 0.208. The van der Waals surface area contributed by atoms with E-state index in [1.54, 1.807) is 35.2 Å². The maximum absolute atomic E-state index is 13.0. The number of carbonyl (C=O) groups is 1. The first-order valence-electron chi connectivity index (χ1n) is 10.8. The molecule has 1 fully saturated rings. The predicted octanol–water partition coefficient (Wildman–Crippen LogP) is 2.66. The van der Waals surface area contributed by atoms with Crippen molar-refractivity contribution in [2.24, 2.45) is 0 Å². The van der Waals surface area contributed by atoms with Crippen molar-refractivity contribution in [3.8, 4) is 10.4 Å². The van der Waals surface area contributed by atoms with Crippen LogP contribution in [0, 0.1) is 0 Å². The highest BCUT2D eigenvalue weighted by molar-refractivity contribution is 7.89. The van der Waals surface area contributed by atoms with Crippen molar-refractivity contribution in [2.75, 3.05) is 26.2 Å². The van der Waals surface area contributed by atoms with Gasteiger partial charge in [-0.25, -0.2) is 13.4 Å². The van der Waals surface area contributed by atoms with Gasteiger partial charge in [-0.15, -0.1) is 11.3 Å². The van der Waals surface area contributed by atoms with Crippen LogP contribution in [0.3, 0.4) is 0 Å². The molecule has 1 saturated heterocycles. The molecule has 0 bridgehead atoms. The molecule has 2 aromatic carbocycles. The summed E-state index contributed by atoms with van der Waals surface area (Å²) in [6.07, 6.45) is 1.40. The Balaban J connectivity index is 1.28. The van der Waals surface area contributed by atoms with Crippen LogP contribution in [0.2, 0.25) is 0 Å². The van der Waals surface area contributed by atoms with Gasteiger partial charge in [0.1, 0.15) is 11.2 Å². The molecule has 10 heteroatoms. The second-order valence-electron chi connectivity index (χ2n) is 7.97. The van der Waals surface area contributed by atoms with Crippen LogP contribution >= 0.6 is 11.3 Å². The number of sulfonamides is 1. The molecule has 0 atom stereocenters. The second kappa shape index (κ2) is 9.13. The summed E-state index contributed by atoms with van der Waals surface area (Å²) in [7, 11) is -3.59. The summed E-state index contributed by atoms with van der Waals surface area (Å²) in [5.74, 6) is -0.236. The Hall–Kier alpha value is -3.34. The lowest BCUT2D eigenvalue weighted by Gasteiger charge is -2.34. The van der Waals surface area contributed by atoms with Crippen molar-refractivity contribution in [3.63, 3.8) is 0 Å².